The molecule has 0 bridgehead atoms. The molecule has 1 aromatic heterocycles. The number of aromatic nitrogens is 1. The minimum Gasteiger partial charge on any atom is -0.321 e. The Morgan fingerprint density at radius 2 is 1.68 bits per heavy atom. The van der Waals surface area contributed by atoms with Crippen molar-refractivity contribution in [1.82, 2.24) is 14.2 Å². The number of sulfonamides is 1. The highest BCUT2D eigenvalue weighted by atomic mass is 35.5. The molecule has 162 valence electrons. The maximum absolute atomic E-state index is 12.8. The van der Waals surface area contributed by atoms with Crippen molar-refractivity contribution in [1.29, 1.82) is 0 Å². The second-order valence-corrected chi connectivity index (χ2v) is 10.5. The molecule has 1 amide bonds. The minimum absolute atomic E-state index is 0.216. The Bertz CT molecular complexity index is 1170. The molecular weight excluding hydrogens is 456 g/mol. The van der Waals surface area contributed by atoms with Gasteiger partial charge in [0, 0.05) is 47.8 Å². The van der Waals surface area contributed by atoms with E-state index in [-0.39, 0.29) is 10.8 Å². The molecule has 31 heavy (non-hydrogen) atoms. The van der Waals surface area contributed by atoms with Crippen molar-refractivity contribution < 1.29 is 13.2 Å². The van der Waals surface area contributed by atoms with E-state index in [2.05, 4.69) is 15.2 Å². The number of halogens is 1. The summed E-state index contributed by atoms with van der Waals surface area (Å²) in [6, 6.07) is 13.5. The van der Waals surface area contributed by atoms with E-state index >= 15 is 0 Å². The van der Waals surface area contributed by atoms with Crippen LogP contribution in [0.4, 0.5) is 5.69 Å². The van der Waals surface area contributed by atoms with Crippen LogP contribution < -0.4 is 5.32 Å². The molecule has 2 heterocycles. The van der Waals surface area contributed by atoms with Crippen LogP contribution in [0.2, 0.25) is 5.02 Å². The van der Waals surface area contributed by atoms with Gasteiger partial charge in [0.05, 0.1) is 4.90 Å². The Morgan fingerprint density at radius 1 is 1.03 bits per heavy atom. The maximum Gasteiger partial charge on any atom is 0.275 e. The molecule has 0 aliphatic carbocycles. The number of thiazole rings is 1. The lowest BCUT2D eigenvalue weighted by molar-refractivity contribution is 0.102. The van der Waals surface area contributed by atoms with E-state index in [0.717, 1.165) is 10.6 Å². The predicted molar refractivity (Wildman–Crippen MR) is 123 cm³/mol. The van der Waals surface area contributed by atoms with Gasteiger partial charge in [-0.3, -0.25) is 4.79 Å². The van der Waals surface area contributed by atoms with Crippen LogP contribution in [-0.4, -0.2) is 61.7 Å². The largest absolute Gasteiger partial charge is 0.321 e. The fourth-order valence-electron chi connectivity index (χ4n) is 3.19. The standard InChI is InChI=1S/C21H21ClN4O3S2/c1-25-10-12-26(13-11-25)31(28,29)18-8-6-17(7-9-18)23-20(27)19-14-30-21(24-19)15-2-4-16(22)5-3-15/h2-9,14H,10-13H2,1H3,(H,23,27). The van der Waals surface area contributed by atoms with E-state index in [0.29, 0.717) is 42.6 Å². The zero-order chi connectivity index (χ0) is 22.0. The molecule has 1 saturated heterocycles. The molecule has 0 spiro atoms. The summed E-state index contributed by atoms with van der Waals surface area (Å²) in [5.74, 6) is -0.355. The summed E-state index contributed by atoms with van der Waals surface area (Å²) in [5, 5.41) is 5.80. The van der Waals surface area contributed by atoms with Crippen molar-refractivity contribution in [2.45, 2.75) is 4.90 Å². The van der Waals surface area contributed by atoms with Crippen molar-refractivity contribution in [3.63, 3.8) is 0 Å². The van der Waals surface area contributed by atoms with Crippen molar-refractivity contribution in [3.8, 4) is 10.6 Å². The molecule has 2 aromatic carbocycles. The molecular formula is C21H21ClN4O3S2. The molecule has 0 unspecified atom stereocenters. The Kier molecular flexibility index (Phi) is 6.40. The van der Waals surface area contributed by atoms with Crippen molar-refractivity contribution in [3.05, 3.63) is 64.6 Å². The van der Waals surface area contributed by atoms with Crippen LogP contribution in [0.3, 0.4) is 0 Å². The first-order chi connectivity index (χ1) is 14.8. The number of anilines is 1. The zero-order valence-electron chi connectivity index (χ0n) is 16.8. The van der Waals surface area contributed by atoms with E-state index in [4.69, 9.17) is 11.6 Å². The molecule has 7 nitrogen and oxygen atoms in total. The van der Waals surface area contributed by atoms with Gasteiger partial charge in [0.25, 0.3) is 5.91 Å². The van der Waals surface area contributed by atoms with Gasteiger partial charge in [-0.05, 0) is 43.4 Å². The summed E-state index contributed by atoms with van der Waals surface area (Å²) in [5.41, 5.74) is 1.68. The number of rotatable bonds is 5. The lowest BCUT2D eigenvalue weighted by Crippen LogP contribution is -2.46. The number of amides is 1. The molecule has 0 saturated carbocycles. The Balaban J connectivity index is 1.43. The molecule has 1 aliphatic rings. The number of carbonyl (C=O) groups excluding carboxylic acids is 1. The minimum atomic E-state index is -3.54. The Hall–Kier alpha value is -2.30. The monoisotopic (exact) mass is 476 g/mol. The van der Waals surface area contributed by atoms with E-state index in [1.54, 1.807) is 29.6 Å². The Labute approximate surface area is 190 Å². The number of hydrogen-bond acceptors (Lipinski definition) is 6. The van der Waals surface area contributed by atoms with Gasteiger partial charge in [-0.25, -0.2) is 13.4 Å². The van der Waals surface area contributed by atoms with Gasteiger partial charge < -0.3 is 10.2 Å². The van der Waals surface area contributed by atoms with Crippen LogP contribution >= 0.6 is 22.9 Å². The van der Waals surface area contributed by atoms with Gasteiger partial charge >= 0.3 is 0 Å². The molecule has 0 radical (unpaired) electrons. The number of nitrogens with zero attached hydrogens (tertiary/aromatic N) is 3. The summed E-state index contributed by atoms with van der Waals surface area (Å²) < 4.78 is 27.1. The zero-order valence-corrected chi connectivity index (χ0v) is 19.2. The third kappa shape index (κ3) is 4.97. The van der Waals surface area contributed by atoms with Crippen LogP contribution in [0.1, 0.15) is 10.5 Å². The van der Waals surface area contributed by atoms with Crippen LogP contribution in [0.5, 0.6) is 0 Å². The first kappa shape index (κ1) is 21.9. The van der Waals surface area contributed by atoms with E-state index in [9.17, 15) is 13.2 Å². The summed E-state index contributed by atoms with van der Waals surface area (Å²) in [7, 11) is -1.56. The topological polar surface area (TPSA) is 82.6 Å². The number of carbonyl (C=O) groups is 1. The molecule has 0 atom stereocenters. The molecule has 1 fully saturated rings. The van der Waals surface area contributed by atoms with Crippen molar-refractivity contribution >= 4 is 44.6 Å². The number of piperazine rings is 1. The van der Waals surface area contributed by atoms with Crippen LogP contribution in [-0.2, 0) is 10.0 Å². The molecule has 3 aromatic rings. The highest BCUT2D eigenvalue weighted by molar-refractivity contribution is 7.89. The fraction of sp³-hybridized carbons (Fsp3) is 0.238. The van der Waals surface area contributed by atoms with Gasteiger partial charge in [0.2, 0.25) is 10.0 Å². The number of likely N-dealkylation sites (N-methyl/N-ethyl adjacent to an activating group) is 1. The average Bonchev–Trinajstić information content (AvgIpc) is 3.25. The lowest BCUT2D eigenvalue weighted by atomic mass is 10.2. The quantitative estimate of drug-likeness (QED) is 0.607. The van der Waals surface area contributed by atoms with Gasteiger partial charge in [0.15, 0.2) is 0 Å². The predicted octanol–water partition coefficient (Wildman–Crippen LogP) is 3.65. The van der Waals surface area contributed by atoms with Crippen LogP contribution in [0.15, 0.2) is 58.8 Å². The number of nitrogens with one attached hydrogen (secondary N) is 1. The fourth-order valence-corrected chi connectivity index (χ4v) is 5.54. The highest BCUT2D eigenvalue weighted by Crippen LogP contribution is 2.26. The SMILES string of the molecule is CN1CCN(S(=O)(=O)c2ccc(NC(=O)c3csc(-c4ccc(Cl)cc4)n3)cc2)CC1. The second kappa shape index (κ2) is 9.05. The number of benzene rings is 2. The van der Waals surface area contributed by atoms with Crippen molar-refractivity contribution in [2.24, 2.45) is 0 Å². The average molecular weight is 477 g/mol. The van der Waals surface area contributed by atoms with Gasteiger partial charge in [-0.15, -0.1) is 11.3 Å². The highest BCUT2D eigenvalue weighted by Gasteiger charge is 2.27. The summed E-state index contributed by atoms with van der Waals surface area (Å²) >= 11 is 7.28. The number of hydrogen-bond donors (Lipinski definition) is 1. The molecule has 10 heteroatoms. The van der Waals surface area contributed by atoms with Gasteiger partial charge in [0.1, 0.15) is 10.7 Å². The normalized spacial score (nSPS) is 15.7. The third-order valence-electron chi connectivity index (χ3n) is 5.04. The van der Waals surface area contributed by atoms with Crippen LogP contribution in [0.25, 0.3) is 10.6 Å². The van der Waals surface area contributed by atoms with E-state index < -0.39 is 10.0 Å². The van der Waals surface area contributed by atoms with E-state index in [1.807, 2.05) is 19.2 Å². The van der Waals surface area contributed by atoms with Crippen LogP contribution in [0, 0.1) is 0 Å². The van der Waals surface area contributed by atoms with Gasteiger partial charge in [-0.1, -0.05) is 23.7 Å². The second-order valence-electron chi connectivity index (χ2n) is 7.23. The third-order valence-corrected chi connectivity index (χ3v) is 8.10. The van der Waals surface area contributed by atoms with E-state index in [1.165, 1.54) is 27.8 Å². The molecule has 4 rings (SSSR count). The maximum atomic E-state index is 12.8. The van der Waals surface area contributed by atoms with Gasteiger partial charge in [-0.2, -0.15) is 4.31 Å². The first-order valence-electron chi connectivity index (χ1n) is 9.64. The van der Waals surface area contributed by atoms with Crippen molar-refractivity contribution in [2.75, 3.05) is 38.5 Å². The molecule has 1 N–H and O–H groups in total. The summed E-state index contributed by atoms with van der Waals surface area (Å²) in [4.78, 5) is 19.3. The summed E-state index contributed by atoms with van der Waals surface area (Å²) in [6.07, 6.45) is 0. The first-order valence-corrected chi connectivity index (χ1v) is 12.3. The molecule has 1 aliphatic heterocycles. The lowest BCUT2D eigenvalue weighted by Gasteiger charge is -2.31. The Morgan fingerprint density at radius 3 is 2.32 bits per heavy atom. The smallest absolute Gasteiger partial charge is 0.275 e. The summed E-state index contributed by atoms with van der Waals surface area (Å²) in [6.45, 7) is 2.35.